The summed E-state index contributed by atoms with van der Waals surface area (Å²) in [5, 5.41) is 7.52. The number of aryl methyl sites for hydroxylation is 1. The van der Waals surface area contributed by atoms with Crippen molar-refractivity contribution in [3.8, 4) is 0 Å². The van der Waals surface area contributed by atoms with Gasteiger partial charge in [0, 0.05) is 26.3 Å². The smallest absolute Gasteiger partial charge is 0.0518 e. The molecule has 13 heavy (non-hydrogen) atoms. The van der Waals surface area contributed by atoms with Crippen LogP contribution in [0.3, 0.4) is 0 Å². The highest BCUT2D eigenvalue weighted by atomic mass is 15.3. The quantitative estimate of drug-likeness (QED) is 0.767. The molecule has 0 aliphatic heterocycles. The summed E-state index contributed by atoms with van der Waals surface area (Å²) in [7, 11) is 1.97. The first kappa shape index (κ1) is 10.3. The van der Waals surface area contributed by atoms with Crippen molar-refractivity contribution >= 4 is 0 Å². The number of hydrogen-bond donors (Lipinski definition) is 1. The van der Waals surface area contributed by atoms with E-state index in [2.05, 4.69) is 31.2 Å². The predicted octanol–water partition coefficient (Wildman–Crippen LogP) is 1.56. The average molecular weight is 181 g/mol. The van der Waals surface area contributed by atoms with Gasteiger partial charge < -0.3 is 5.32 Å². The minimum absolute atomic E-state index is 0.346. The lowest BCUT2D eigenvalue weighted by Crippen LogP contribution is -2.27. The number of nitrogens with one attached hydrogen (secondary N) is 1. The van der Waals surface area contributed by atoms with Crippen molar-refractivity contribution in [3.63, 3.8) is 0 Å². The molecule has 0 saturated carbocycles. The zero-order valence-corrected chi connectivity index (χ0v) is 8.96. The van der Waals surface area contributed by atoms with Crippen molar-refractivity contribution < 1.29 is 0 Å². The van der Waals surface area contributed by atoms with Gasteiger partial charge in [-0.15, -0.1) is 0 Å². The van der Waals surface area contributed by atoms with E-state index in [-0.39, 0.29) is 0 Å². The summed E-state index contributed by atoms with van der Waals surface area (Å²) in [6.45, 7) is 8.60. The normalized spacial score (nSPS) is 12.0. The lowest BCUT2D eigenvalue weighted by Gasteiger charge is -2.18. The highest BCUT2D eigenvalue weighted by molar-refractivity contribution is 4.99. The monoisotopic (exact) mass is 181 g/mol. The van der Waals surface area contributed by atoms with E-state index in [4.69, 9.17) is 0 Å². The molecule has 3 heteroatoms. The molecule has 0 atom stereocenters. The Labute approximate surface area is 80.1 Å². The summed E-state index contributed by atoms with van der Waals surface area (Å²) in [5.41, 5.74) is 1.57. The Balaban J connectivity index is 2.32. The summed E-state index contributed by atoms with van der Waals surface area (Å²) >= 11 is 0. The minimum atomic E-state index is 0.346. The Kier molecular flexibility index (Phi) is 3.09. The largest absolute Gasteiger partial charge is 0.311 e. The van der Waals surface area contributed by atoms with Crippen LogP contribution in [0.25, 0.3) is 0 Å². The molecule has 0 aliphatic rings. The molecule has 0 amide bonds. The van der Waals surface area contributed by atoms with Gasteiger partial charge in [0.15, 0.2) is 0 Å². The van der Waals surface area contributed by atoms with Crippen molar-refractivity contribution in [3.05, 3.63) is 18.0 Å². The summed E-state index contributed by atoms with van der Waals surface area (Å²) in [6, 6.07) is 2.04. The van der Waals surface area contributed by atoms with Gasteiger partial charge >= 0.3 is 0 Å². The molecule has 0 bridgehead atoms. The van der Waals surface area contributed by atoms with E-state index < -0.39 is 0 Å². The van der Waals surface area contributed by atoms with E-state index >= 15 is 0 Å². The van der Waals surface area contributed by atoms with Crippen LogP contribution < -0.4 is 5.32 Å². The Bertz CT molecular complexity index is 257. The summed E-state index contributed by atoms with van der Waals surface area (Å²) in [4.78, 5) is 0. The van der Waals surface area contributed by atoms with E-state index in [0.717, 1.165) is 13.1 Å². The van der Waals surface area contributed by atoms with Gasteiger partial charge in [-0.05, 0) is 11.5 Å². The van der Waals surface area contributed by atoms with Crippen LogP contribution in [0.5, 0.6) is 0 Å². The molecule has 0 saturated heterocycles. The van der Waals surface area contributed by atoms with Gasteiger partial charge in [0.05, 0.1) is 5.69 Å². The molecule has 1 rings (SSSR count). The molecular formula is C10H19N3. The van der Waals surface area contributed by atoms with Crippen molar-refractivity contribution in [2.45, 2.75) is 27.3 Å². The zero-order valence-electron chi connectivity index (χ0n) is 8.96. The molecule has 1 aromatic rings. The van der Waals surface area contributed by atoms with Gasteiger partial charge in [-0.1, -0.05) is 20.8 Å². The lowest BCUT2D eigenvalue weighted by atomic mass is 9.97. The molecule has 74 valence electrons. The van der Waals surface area contributed by atoms with Gasteiger partial charge in [0.1, 0.15) is 0 Å². The third kappa shape index (κ3) is 3.59. The molecular weight excluding hydrogens is 162 g/mol. The van der Waals surface area contributed by atoms with E-state index in [1.807, 2.05) is 24.0 Å². The Hall–Kier alpha value is -0.830. The number of aromatic nitrogens is 2. The van der Waals surface area contributed by atoms with Crippen LogP contribution in [-0.2, 0) is 13.6 Å². The SMILES string of the molecule is Cn1nccc1CNCC(C)(C)C. The van der Waals surface area contributed by atoms with Crippen LogP contribution in [0.4, 0.5) is 0 Å². The van der Waals surface area contributed by atoms with Crippen molar-refractivity contribution in [1.82, 2.24) is 15.1 Å². The highest BCUT2D eigenvalue weighted by Gasteiger charge is 2.09. The average Bonchev–Trinajstić information content (AvgIpc) is 2.34. The Morgan fingerprint density at radius 1 is 1.46 bits per heavy atom. The molecule has 1 aromatic heterocycles. The van der Waals surface area contributed by atoms with Crippen molar-refractivity contribution in [2.24, 2.45) is 12.5 Å². The van der Waals surface area contributed by atoms with Crippen LogP contribution in [0.2, 0.25) is 0 Å². The van der Waals surface area contributed by atoms with E-state index in [9.17, 15) is 0 Å². The van der Waals surface area contributed by atoms with Crippen LogP contribution in [0.15, 0.2) is 12.3 Å². The zero-order chi connectivity index (χ0) is 9.90. The molecule has 3 nitrogen and oxygen atoms in total. The maximum atomic E-state index is 4.11. The standard InChI is InChI=1S/C10H19N3/c1-10(2,3)8-11-7-9-5-6-12-13(9)4/h5-6,11H,7-8H2,1-4H3. The van der Waals surface area contributed by atoms with Crippen LogP contribution >= 0.6 is 0 Å². The lowest BCUT2D eigenvalue weighted by molar-refractivity contribution is 0.376. The fourth-order valence-corrected chi connectivity index (χ4v) is 1.14. The molecule has 0 unspecified atom stereocenters. The van der Waals surface area contributed by atoms with Crippen LogP contribution in [-0.4, -0.2) is 16.3 Å². The molecule has 1 N–H and O–H groups in total. The Morgan fingerprint density at radius 3 is 2.62 bits per heavy atom. The summed E-state index contributed by atoms with van der Waals surface area (Å²) < 4.78 is 1.90. The Morgan fingerprint density at radius 2 is 2.15 bits per heavy atom. The fraction of sp³-hybridized carbons (Fsp3) is 0.700. The number of hydrogen-bond acceptors (Lipinski definition) is 2. The molecule has 0 aliphatic carbocycles. The van der Waals surface area contributed by atoms with E-state index in [1.165, 1.54) is 5.69 Å². The van der Waals surface area contributed by atoms with Gasteiger partial charge in [-0.3, -0.25) is 4.68 Å². The second-order valence-corrected chi connectivity index (χ2v) is 4.61. The number of nitrogens with zero attached hydrogens (tertiary/aromatic N) is 2. The van der Waals surface area contributed by atoms with Crippen LogP contribution in [0, 0.1) is 5.41 Å². The third-order valence-corrected chi connectivity index (χ3v) is 1.88. The van der Waals surface area contributed by atoms with Crippen LogP contribution in [0.1, 0.15) is 26.5 Å². The van der Waals surface area contributed by atoms with Gasteiger partial charge in [0.25, 0.3) is 0 Å². The summed E-state index contributed by atoms with van der Waals surface area (Å²) in [6.07, 6.45) is 1.83. The maximum Gasteiger partial charge on any atom is 0.0518 e. The first-order valence-corrected chi connectivity index (χ1v) is 4.67. The summed E-state index contributed by atoms with van der Waals surface area (Å²) in [5.74, 6) is 0. The topological polar surface area (TPSA) is 29.9 Å². The van der Waals surface area contributed by atoms with Gasteiger partial charge in [-0.2, -0.15) is 5.10 Å². The van der Waals surface area contributed by atoms with E-state index in [0.29, 0.717) is 5.41 Å². The van der Waals surface area contributed by atoms with Crippen molar-refractivity contribution in [1.29, 1.82) is 0 Å². The molecule has 0 spiro atoms. The first-order chi connectivity index (χ1) is 5.99. The molecule has 0 radical (unpaired) electrons. The molecule has 1 heterocycles. The maximum absolute atomic E-state index is 4.11. The number of rotatable bonds is 3. The molecule has 0 aromatic carbocycles. The second kappa shape index (κ2) is 3.92. The fourth-order valence-electron chi connectivity index (χ4n) is 1.14. The second-order valence-electron chi connectivity index (χ2n) is 4.61. The first-order valence-electron chi connectivity index (χ1n) is 4.67. The van der Waals surface area contributed by atoms with Gasteiger partial charge in [0.2, 0.25) is 0 Å². The minimum Gasteiger partial charge on any atom is -0.311 e. The predicted molar refractivity (Wildman–Crippen MR) is 54.4 cm³/mol. The van der Waals surface area contributed by atoms with Gasteiger partial charge in [-0.25, -0.2) is 0 Å². The third-order valence-electron chi connectivity index (χ3n) is 1.88. The molecule has 0 fully saturated rings. The van der Waals surface area contributed by atoms with E-state index in [1.54, 1.807) is 0 Å². The van der Waals surface area contributed by atoms with Crippen molar-refractivity contribution in [2.75, 3.05) is 6.54 Å². The highest BCUT2D eigenvalue weighted by Crippen LogP contribution is 2.10.